The Hall–Kier alpha value is -0.616. The summed E-state index contributed by atoms with van der Waals surface area (Å²) in [5, 5.41) is 1.31. The molecule has 0 fully saturated rings. The van der Waals surface area contributed by atoms with Crippen LogP contribution in [0.1, 0.15) is 33.6 Å². The normalized spacial score (nSPS) is 14.0. The second-order valence-corrected chi connectivity index (χ2v) is 18.0. The van der Waals surface area contributed by atoms with E-state index in [0.717, 1.165) is 0 Å². The number of carbonyl (C=O) groups excluding carboxylic acids is 1. The first-order valence-electron chi connectivity index (χ1n) is 8.21. The zero-order valence-corrected chi connectivity index (χ0v) is 18.7. The molecule has 0 spiro atoms. The van der Waals surface area contributed by atoms with E-state index in [1.54, 1.807) is 7.05 Å². The van der Waals surface area contributed by atoms with Gasteiger partial charge in [-0.05, 0) is 24.6 Å². The van der Waals surface area contributed by atoms with Crippen LogP contribution in [0.3, 0.4) is 0 Å². The van der Waals surface area contributed by atoms with E-state index in [1.807, 2.05) is 0 Å². The van der Waals surface area contributed by atoms with Gasteiger partial charge in [-0.25, -0.2) is 5.06 Å². The number of nitrogens with zero attached hydrogens (tertiary/aromatic N) is 1. The van der Waals surface area contributed by atoms with E-state index in [9.17, 15) is 4.79 Å². The van der Waals surface area contributed by atoms with Gasteiger partial charge in [0.2, 0.25) is 0 Å². The first-order valence-corrected chi connectivity index (χ1v) is 14.6. The molecular formula is C17H35NO3Si2. The highest BCUT2D eigenvalue weighted by atomic mass is 28.4. The van der Waals surface area contributed by atoms with Gasteiger partial charge < -0.3 is 4.43 Å². The fraction of sp³-hybridized carbons (Fsp3) is 0.824. The van der Waals surface area contributed by atoms with Crippen molar-refractivity contribution >= 4 is 22.3 Å². The maximum atomic E-state index is 12.5. The molecule has 134 valence electrons. The summed E-state index contributed by atoms with van der Waals surface area (Å²) in [6.07, 6.45) is 0.792. The van der Waals surface area contributed by atoms with E-state index in [1.165, 1.54) is 12.2 Å². The zero-order chi connectivity index (χ0) is 18.5. The molecule has 0 aromatic carbocycles. The SMILES string of the molecule is CON(C)C(=O)C(CCC#C[Si](C)(C)C)O[Si](C)(C)C(C)(C)C. The molecule has 0 aromatic rings. The Balaban J connectivity index is 5.11. The lowest BCUT2D eigenvalue weighted by molar-refractivity contribution is -0.177. The van der Waals surface area contributed by atoms with Crippen molar-refractivity contribution in [3.05, 3.63) is 0 Å². The predicted octanol–water partition coefficient (Wildman–Crippen LogP) is 4.06. The molecule has 0 heterocycles. The van der Waals surface area contributed by atoms with Crippen molar-refractivity contribution < 1.29 is 14.1 Å². The van der Waals surface area contributed by atoms with Gasteiger partial charge >= 0.3 is 0 Å². The summed E-state index contributed by atoms with van der Waals surface area (Å²) in [4.78, 5) is 17.6. The third-order valence-corrected chi connectivity index (χ3v) is 9.51. The Bertz CT molecular complexity index is 453. The van der Waals surface area contributed by atoms with Crippen molar-refractivity contribution in [1.82, 2.24) is 5.06 Å². The van der Waals surface area contributed by atoms with Gasteiger partial charge in [-0.3, -0.25) is 9.63 Å². The highest BCUT2D eigenvalue weighted by Crippen LogP contribution is 2.37. The Kier molecular flexibility index (Phi) is 8.25. The summed E-state index contributed by atoms with van der Waals surface area (Å²) < 4.78 is 6.33. The lowest BCUT2D eigenvalue weighted by Crippen LogP contribution is -2.48. The van der Waals surface area contributed by atoms with Crippen molar-refractivity contribution in [2.45, 2.75) is 77.5 Å². The molecule has 0 aliphatic rings. The highest BCUT2D eigenvalue weighted by molar-refractivity contribution is 6.83. The number of amides is 1. The molecule has 0 rings (SSSR count). The van der Waals surface area contributed by atoms with Crippen LogP contribution in [0, 0.1) is 11.5 Å². The average Bonchev–Trinajstić information content (AvgIpc) is 2.37. The number of likely N-dealkylation sites (N-methyl/N-ethyl adjacent to an activating group) is 1. The third-order valence-electron chi connectivity index (χ3n) is 4.10. The highest BCUT2D eigenvalue weighted by Gasteiger charge is 2.41. The van der Waals surface area contributed by atoms with Gasteiger partial charge in [0, 0.05) is 13.5 Å². The fourth-order valence-corrected chi connectivity index (χ4v) is 3.53. The van der Waals surface area contributed by atoms with Crippen LogP contribution < -0.4 is 0 Å². The molecule has 1 atom stereocenters. The molecule has 0 radical (unpaired) electrons. The summed E-state index contributed by atoms with van der Waals surface area (Å²) in [5.74, 6) is 3.10. The number of hydroxylamine groups is 2. The van der Waals surface area contributed by atoms with E-state index in [-0.39, 0.29) is 10.9 Å². The molecule has 6 heteroatoms. The standard InChI is InChI=1S/C17H35NO3Si2/c1-17(2,3)23(9,10)21-15(16(19)18(4)20-5)13-11-12-14-22(6,7)8/h15H,11,13H2,1-10H3. The van der Waals surface area contributed by atoms with E-state index < -0.39 is 22.5 Å². The van der Waals surface area contributed by atoms with Crippen LogP contribution in [0.2, 0.25) is 37.8 Å². The quantitative estimate of drug-likeness (QED) is 0.409. The maximum Gasteiger partial charge on any atom is 0.273 e. The van der Waals surface area contributed by atoms with Crippen LogP contribution in [-0.4, -0.2) is 47.6 Å². The van der Waals surface area contributed by atoms with Gasteiger partial charge in [-0.1, -0.05) is 40.4 Å². The molecule has 0 aliphatic heterocycles. The zero-order valence-electron chi connectivity index (χ0n) is 16.7. The Morgan fingerprint density at radius 2 is 1.70 bits per heavy atom. The molecule has 0 saturated carbocycles. The van der Waals surface area contributed by atoms with Crippen LogP contribution in [0.25, 0.3) is 0 Å². The van der Waals surface area contributed by atoms with Crippen LogP contribution >= 0.6 is 0 Å². The van der Waals surface area contributed by atoms with Gasteiger partial charge in [-0.2, -0.15) is 0 Å². The summed E-state index contributed by atoms with van der Waals surface area (Å²) in [5.41, 5.74) is 3.34. The number of carbonyl (C=O) groups is 1. The lowest BCUT2D eigenvalue weighted by Gasteiger charge is -2.39. The molecule has 0 saturated heterocycles. The van der Waals surface area contributed by atoms with Crippen LogP contribution in [0.5, 0.6) is 0 Å². The largest absolute Gasteiger partial charge is 0.405 e. The van der Waals surface area contributed by atoms with Gasteiger partial charge in [-0.15, -0.1) is 11.5 Å². The summed E-state index contributed by atoms with van der Waals surface area (Å²) in [6, 6.07) is 0. The minimum atomic E-state index is -2.03. The predicted molar refractivity (Wildman–Crippen MR) is 102 cm³/mol. The molecule has 23 heavy (non-hydrogen) atoms. The maximum absolute atomic E-state index is 12.5. The Morgan fingerprint density at radius 1 is 1.17 bits per heavy atom. The minimum absolute atomic E-state index is 0.0567. The molecular weight excluding hydrogens is 322 g/mol. The molecule has 0 N–H and O–H groups in total. The van der Waals surface area contributed by atoms with Crippen LogP contribution in [0.15, 0.2) is 0 Å². The first-order chi connectivity index (χ1) is 10.2. The van der Waals surface area contributed by atoms with Crippen molar-refractivity contribution in [3.63, 3.8) is 0 Å². The van der Waals surface area contributed by atoms with Gasteiger partial charge in [0.1, 0.15) is 14.2 Å². The molecule has 1 amide bonds. The molecule has 4 nitrogen and oxygen atoms in total. The summed E-state index contributed by atoms with van der Waals surface area (Å²) in [6.45, 7) is 17.5. The van der Waals surface area contributed by atoms with E-state index >= 15 is 0 Å². The van der Waals surface area contributed by atoms with E-state index in [0.29, 0.717) is 12.8 Å². The molecule has 0 bridgehead atoms. The fourth-order valence-electron chi connectivity index (χ4n) is 1.59. The van der Waals surface area contributed by atoms with Gasteiger partial charge in [0.05, 0.1) is 7.11 Å². The van der Waals surface area contributed by atoms with E-state index in [2.05, 4.69) is 65.0 Å². The average molecular weight is 358 g/mol. The topological polar surface area (TPSA) is 38.8 Å². The Labute approximate surface area is 145 Å². The number of hydrogen-bond acceptors (Lipinski definition) is 3. The smallest absolute Gasteiger partial charge is 0.273 e. The minimum Gasteiger partial charge on any atom is -0.405 e. The van der Waals surface area contributed by atoms with Crippen LogP contribution in [-0.2, 0) is 14.1 Å². The number of rotatable bonds is 6. The third kappa shape index (κ3) is 8.16. The summed E-state index contributed by atoms with van der Waals surface area (Å²) in [7, 11) is -0.288. The van der Waals surface area contributed by atoms with Crippen molar-refractivity contribution in [3.8, 4) is 11.5 Å². The second kappa shape index (κ2) is 8.47. The summed E-state index contributed by atoms with van der Waals surface area (Å²) >= 11 is 0. The van der Waals surface area contributed by atoms with Gasteiger partial charge in [0.15, 0.2) is 8.32 Å². The van der Waals surface area contributed by atoms with Gasteiger partial charge in [0.25, 0.3) is 5.91 Å². The number of hydrogen-bond donors (Lipinski definition) is 0. The molecule has 0 aromatic heterocycles. The van der Waals surface area contributed by atoms with Crippen LogP contribution in [0.4, 0.5) is 0 Å². The Morgan fingerprint density at radius 3 is 2.09 bits per heavy atom. The van der Waals surface area contributed by atoms with Crippen molar-refractivity contribution in [2.75, 3.05) is 14.2 Å². The van der Waals surface area contributed by atoms with Crippen molar-refractivity contribution in [2.24, 2.45) is 0 Å². The second-order valence-electron chi connectivity index (χ2n) is 8.48. The lowest BCUT2D eigenvalue weighted by atomic mass is 10.2. The molecule has 1 unspecified atom stereocenters. The first kappa shape index (κ1) is 22.4. The molecule has 0 aliphatic carbocycles. The van der Waals surface area contributed by atoms with E-state index in [4.69, 9.17) is 9.26 Å². The monoisotopic (exact) mass is 357 g/mol. The van der Waals surface area contributed by atoms with Crippen molar-refractivity contribution in [1.29, 1.82) is 0 Å².